The van der Waals surface area contributed by atoms with Crippen LogP contribution >= 0.6 is 0 Å². The number of alkyl halides is 3. The van der Waals surface area contributed by atoms with Gasteiger partial charge in [-0.15, -0.1) is 0 Å². The lowest BCUT2D eigenvalue weighted by molar-refractivity contribution is -0.250. The molecule has 0 bridgehead atoms. The van der Waals surface area contributed by atoms with E-state index in [2.05, 4.69) is 4.98 Å². The zero-order chi connectivity index (χ0) is 13.6. The van der Waals surface area contributed by atoms with Crippen LogP contribution in [0.1, 0.15) is 12.0 Å². The van der Waals surface area contributed by atoms with Crippen molar-refractivity contribution in [3.63, 3.8) is 0 Å². The molecule has 7 heteroatoms. The highest BCUT2D eigenvalue weighted by Gasteiger charge is 2.57. The Bertz CT molecular complexity index is 463. The highest BCUT2D eigenvalue weighted by atomic mass is 19.4. The predicted octanol–water partition coefficient (Wildman–Crippen LogP) is 1.48. The number of aliphatic hydroxyl groups is 1. The Balaban J connectivity index is 2.21. The molecule has 2 rings (SSSR count). The number of nitrogen functional groups attached to an aromatic ring is 1. The summed E-state index contributed by atoms with van der Waals surface area (Å²) in [5, 5.41) is 9.56. The summed E-state index contributed by atoms with van der Waals surface area (Å²) < 4.78 is 38.0. The van der Waals surface area contributed by atoms with Crippen LogP contribution in [0, 0.1) is 6.92 Å². The fourth-order valence-electron chi connectivity index (χ4n) is 1.92. The summed E-state index contributed by atoms with van der Waals surface area (Å²) in [5.74, 6) is 0.360. The van der Waals surface area contributed by atoms with Crippen LogP contribution in [0.15, 0.2) is 12.3 Å². The maximum absolute atomic E-state index is 12.7. The molecule has 0 aromatic carbocycles. The molecule has 1 aromatic rings. The Hall–Kier alpha value is -1.50. The molecule has 3 N–H and O–H groups in total. The number of aryl methyl sites for hydroxylation is 1. The second kappa shape index (κ2) is 4.01. The van der Waals surface area contributed by atoms with Crippen LogP contribution in [0.25, 0.3) is 0 Å². The van der Waals surface area contributed by atoms with Crippen LogP contribution in [0.3, 0.4) is 0 Å². The van der Waals surface area contributed by atoms with Crippen molar-refractivity contribution in [2.75, 3.05) is 23.7 Å². The average molecular weight is 261 g/mol. The van der Waals surface area contributed by atoms with E-state index in [1.807, 2.05) is 0 Å². The van der Waals surface area contributed by atoms with Gasteiger partial charge in [0, 0.05) is 30.9 Å². The molecule has 0 aliphatic carbocycles. The first-order valence-electron chi connectivity index (χ1n) is 5.49. The lowest BCUT2D eigenvalue weighted by Gasteiger charge is -2.26. The first kappa shape index (κ1) is 12.9. The summed E-state index contributed by atoms with van der Waals surface area (Å²) in [5.41, 5.74) is 4.27. The van der Waals surface area contributed by atoms with Gasteiger partial charge in [-0.3, -0.25) is 0 Å². The molecule has 0 radical (unpaired) electrons. The Morgan fingerprint density at radius 2 is 2.17 bits per heavy atom. The van der Waals surface area contributed by atoms with E-state index in [1.54, 1.807) is 6.92 Å². The topological polar surface area (TPSA) is 62.4 Å². The van der Waals surface area contributed by atoms with Crippen molar-refractivity contribution in [3.05, 3.63) is 17.8 Å². The normalized spacial score (nSPS) is 24.6. The Labute approximate surface area is 102 Å². The number of rotatable bonds is 1. The van der Waals surface area contributed by atoms with Gasteiger partial charge in [0.15, 0.2) is 5.60 Å². The van der Waals surface area contributed by atoms with Crippen molar-refractivity contribution in [1.82, 2.24) is 4.98 Å². The molecule has 1 aliphatic rings. The Morgan fingerprint density at radius 1 is 1.50 bits per heavy atom. The Morgan fingerprint density at radius 3 is 2.67 bits per heavy atom. The van der Waals surface area contributed by atoms with E-state index >= 15 is 0 Å². The average Bonchev–Trinajstić information content (AvgIpc) is 2.66. The maximum atomic E-state index is 12.7. The fourth-order valence-corrected chi connectivity index (χ4v) is 1.92. The van der Waals surface area contributed by atoms with Gasteiger partial charge in [0.25, 0.3) is 0 Å². The lowest BCUT2D eigenvalue weighted by Crippen LogP contribution is -2.47. The quantitative estimate of drug-likeness (QED) is 0.803. The van der Waals surface area contributed by atoms with Gasteiger partial charge in [-0.05, 0) is 12.5 Å². The zero-order valence-electron chi connectivity index (χ0n) is 9.83. The van der Waals surface area contributed by atoms with Crippen LogP contribution < -0.4 is 10.6 Å². The number of hydrogen-bond donors (Lipinski definition) is 2. The number of nitrogens with zero attached hydrogens (tertiary/aromatic N) is 2. The molecule has 100 valence electrons. The molecule has 18 heavy (non-hydrogen) atoms. The van der Waals surface area contributed by atoms with Crippen molar-refractivity contribution in [1.29, 1.82) is 0 Å². The van der Waals surface area contributed by atoms with Crippen LogP contribution in [0.5, 0.6) is 0 Å². The van der Waals surface area contributed by atoms with Gasteiger partial charge < -0.3 is 15.7 Å². The molecule has 1 unspecified atom stereocenters. The van der Waals surface area contributed by atoms with Crippen molar-refractivity contribution in [3.8, 4) is 0 Å². The minimum Gasteiger partial charge on any atom is -0.398 e. The lowest BCUT2D eigenvalue weighted by atomic mass is 10.0. The first-order chi connectivity index (χ1) is 8.23. The van der Waals surface area contributed by atoms with E-state index in [0.717, 1.165) is 5.56 Å². The molecular formula is C11H14F3N3O. The third-order valence-corrected chi connectivity index (χ3v) is 3.23. The largest absolute Gasteiger partial charge is 0.418 e. The second-order valence-electron chi connectivity index (χ2n) is 4.60. The number of halogens is 3. The van der Waals surface area contributed by atoms with Crippen LogP contribution in [0.4, 0.5) is 24.7 Å². The maximum Gasteiger partial charge on any atom is 0.418 e. The molecule has 0 amide bonds. The Kier molecular flexibility index (Phi) is 2.89. The number of aromatic nitrogens is 1. The molecular weight excluding hydrogens is 247 g/mol. The van der Waals surface area contributed by atoms with E-state index < -0.39 is 18.3 Å². The number of pyridine rings is 1. The summed E-state index contributed by atoms with van der Waals surface area (Å²) in [6.45, 7) is 1.36. The van der Waals surface area contributed by atoms with Crippen LogP contribution in [-0.2, 0) is 0 Å². The third-order valence-electron chi connectivity index (χ3n) is 3.23. The zero-order valence-corrected chi connectivity index (χ0v) is 9.83. The summed E-state index contributed by atoms with van der Waals surface area (Å²) in [6, 6.07) is 1.53. The summed E-state index contributed by atoms with van der Waals surface area (Å²) in [7, 11) is 0. The van der Waals surface area contributed by atoms with E-state index in [9.17, 15) is 18.3 Å². The van der Waals surface area contributed by atoms with Crippen molar-refractivity contribution >= 4 is 11.5 Å². The SMILES string of the molecule is Cc1cnc(N2CCC(O)(C(F)(F)F)C2)cc1N. The van der Waals surface area contributed by atoms with Crippen LogP contribution in [0.2, 0.25) is 0 Å². The first-order valence-corrected chi connectivity index (χ1v) is 5.49. The predicted molar refractivity (Wildman–Crippen MR) is 61.2 cm³/mol. The molecule has 1 atom stereocenters. The highest BCUT2D eigenvalue weighted by molar-refractivity contribution is 5.55. The summed E-state index contributed by atoms with van der Waals surface area (Å²) >= 11 is 0. The number of anilines is 2. The van der Waals surface area contributed by atoms with Gasteiger partial charge in [-0.2, -0.15) is 13.2 Å². The van der Waals surface area contributed by atoms with Gasteiger partial charge in [0.2, 0.25) is 0 Å². The molecule has 4 nitrogen and oxygen atoms in total. The number of nitrogens with two attached hydrogens (primary N) is 1. The molecule has 1 fully saturated rings. The minimum atomic E-state index is -4.63. The smallest absolute Gasteiger partial charge is 0.398 e. The highest BCUT2D eigenvalue weighted by Crippen LogP contribution is 2.39. The second-order valence-corrected chi connectivity index (χ2v) is 4.60. The van der Waals surface area contributed by atoms with Crippen molar-refractivity contribution < 1.29 is 18.3 Å². The third kappa shape index (κ3) is 2.10. The van der Waals surface area contributed by atoms with E-state index in [0.29, 0.717) is 11.5 Å². The van der Waals surface area contributed by atoms with Gasteiger partial charge in [-0.1, -0.05) is 0 Å². The minimum absolute atomic E-state index is 0.103. The van der Waals surface area contributed by atoms with Crippen molar-refractivity contribution in [2.24, 2.45) is 0 Å². The molecule has 1 aliphatic heterocycles. The molecule has 1 aromatic heterocycles. The van der Waals surface area contributed by atoms with Crippen LogP contribution in [-0.4, -0.2) is 35.0 Å². The summed E-state index contributed by atoms with van der Waals surface area (Å²) in [6.07, 6.45) is -3.47. The van der Waals surface area contributed by atoms with E-state index in [1.165, 1.54) is 17.2 Å². The van der Waals surface area contributed by atoms with Gasteiger partial charge in [0.05, 0.1) is 6.54 Å². The standard InChI is InChI=1S/C11H14F3N3O/c1-7-5-16-9(4-8(7)15)17-3-2-10(18,6-17)11(12,13)14/h4-5,18H,2-3,6H2,1H3,(H2,15,16). The fraction of sp³-hybridized carbons (Fsp3) is 0.545. The number of β-amino-alcohol motifs (C(OH)–C–C–N with tert-alkyl or cyclic N) is 1. The van der Waals surface area contributed by atoms with Gasteiger partial charge in [-0.25, -0.2) is 4.98 Å². The van der Waals surface area contributed by atoms with Gasteiger partial charge >= 0.3 is 6.18 Å². The van der Waals surface area contributed by atoms with E-state index in [4.69, 9.17) is 5.73 Å². The molecule has 0 saturated carbocycles. The molecule has 2 heterocycles. The monoisotopic (exact) mass is 261 g/mol. The molecule has 1 saturated heterocycles. The van der Waals surface area contributed by atoms with E-state index in [-0.39, 0.29) is 13.0 Å². The molecule has 0 spiro atoms. The number of hydrogen-bond acceptors (Lipinski definition) is 4. The summed E-state index contributed by atoms with van der Waals surface area (Å²) in [4.78, 5) is 5.43. The van der Waals surface area contributed by atoms with Gasteiger partial charge in [0.1, 0.15) is 5.82 Å². The van der Waals surface area contributed by atoms with Crippen molar-refractivity contribution in [2.45, 2.75) is 25.1 Å².